The monoisotopic (exact) mass is 449 g/mol. The van der Waals surface area contributed by atoms with Crippen molar-refractivity contribution in [1.29, 1.82) is 10.7 Å². The molecule has 31 heavy (non-hydrogen) atoms. The van der Waals surface area contributed by atoms with E-state index in [0.717, 1.165) is 10.2 Å². The largest absolute Gasteiger partial charge is 0.317 e. The van der Waals surface area contributed by atoms with Crippen LogP contribution in [0, 0.1) is 26.9 Å². The molecule has 156 valence electrons. The molecule has 2 aromatic carbocycles. The lowest BCUT2D eigenvalue weighted by Crippen LogP contribution is -2.47. The highest BCUT2D eigenvalue weighted by Crippen LogP contribution is 2.51. The van der Waals surface area contributed by atoms with Crippen LogP contribution in [0.25, 0.3) is 10.2 Å². The number of likely N-dealkylation sites (tertiary alicyclic amines) is 1. The predicted molar refractivity (Wildman–Crippen MR) is 125 cm³/mol. The summed E-state index contributed by atoms with van der Waals surface area (Å²) in [5.74, 6) is -0.587. The fourth-order valence-corrected chi connectivity index (χ4v) is 5.83. The smallest absolute Gasteiger partial charge is 0.269 e. The number of aromatic nitrogens is 1. The van der Waals surface area contributed by atoms with Crippen LogP contribution < -0.4 is 0 Å². The molecule has 0 spiro atoms. The number of nitro groups is 1. The average Bonchev–Trinajstić information content (AvgIpc) is 3.24. The summed E-state index contributed by atoms with van der Waals surface area (Å²) < 4.78 is 0.919. The van der Waals surface area contributed by atoms with E-state index in [4.69, 9.17) is 22.6 Å². The van der Waals surface area contributed by atoms with E-state index in [1.165, 1.54) is 23.5 Å². The minimum atomic E-state index is -1.43. The number of hydrogen-bond donors (Lipinski definition) is 1. The highest BCUT2D eigenvalue weighted by atomic mass is 32.1. The number of nitrogens with one attached hydrogen (secondary N) is 1. The van der Waals surface area contributed by atoms with Gasteiger partial charge in [0.25, 0.3) is 5.69 Å². The summed E-state index contributed by atoms with van der Waals surface area (Å²) in [6, 6.07) is 16.0. The van der Waals surface area contributed by atoms with Gasteiger partial charge in [0.15, 0.2) is 5.41 Å². The first kappa shape index (κ1) is 21.0. The summed E-state index contributed by atoms with van der Waals surface area (Å²) in [5, 5.41) is 31.2. The first-order chi connectivity index (χ1) is 14.6. The Morgan fingerprint density at radius 1 is 1.26 bits per heavy atom. The van der Waals surface area contributed by atoms with Crippen molar-refractivity contribution < 1.29 is 4.92 Å². The topological polar surface area (TPSA) is 107 Å². The molecule has 0 radical (unpaired) electrons. The van der Waals surface area contributed by atoms with E-state index in [9.17, 15) is 15.4 Å². The fraction of sp³-hybridized carbons (Fsp3) is 0.273. The number of benzene rings is 2. The molecule has 0 aliphatic carbocycles. The van der Waals surface area contributed by atoms with E-state index in [1.807, 2.05) is 45.0 Å². The van der Waals surface area contributed by atoms with Crippen LogP contribution in [0.4, 0.5) is 5.69 Å². The number of nitriles is 1. The van der Waals surface area contributed by atoms with Crippen LogP contribution in [0.1, 0.15) is 37.3 Å². The maximum absolute atomic E-state index is 11.1. The van der Waals surface area contributed by atoms with Gasteiger partial charge in [0, 0.05) is 17.7 Å². The van der Waals surface area contributed by atoms with E-state index in [1.54, 1.807) is 17.0 Å². The number of non-ortho nitro benzene ring substituents is 1. The molecule has 1 N–H and O–H groups in total. The van der Waals surface area contributed by atoms with Crippen LogP contribution in [-0.2, 0) is 5.41 Å². The number of thiocarbonyl (C=S) groups is 1. The van der Waals surface area contributed by atoms with E-state index < -0.39 is 21.8 Å². The van der Waals surface area contributed by atoms with Crippen molar-refractivity contribution in [2.45, 2.75) is 37.6 Å². The van der Waals surface area contributed by atoms with Gasteiger partial charge in [-0.25, -0.2) is 4.98 Å². The van der Waals surface area contributed by atoms with Crippen molar-refractivity contribution in [2.75, 3.05) is 0 Å². The molecule has 0 amide bonds. The van der Waals surface area contributed by atoms with Gasteiger partial charge in [-0.15, -0.1) is 11.3 Å². The Labute approximate surface area is 188 Å². The molecular weight excluding hydrogens is 430 g/mol. The second-order valence-electron chi connectivity index (χ2n) is 8.38. The Hall–Kier alpha value is -3.22. The molecule has 1 aromatic heterocycles. The summed E-state index contributed by atoms with van der Waals surface area (Å²) in [4.78, 5) is 17.5. The molecule has 0 bridgehead atoms. The first-order valence-electron chi connectivity index (χ1n) is 9.56. The van der Waals surface area contributed by atoms with Gasteiger partial charge in [-0.3, -0.25) is 15.5 Å². The van der Waals surface area contributed by atoms with Crippen molar-refractivity contribution in [1.82, 2.24) is 9.88 Å². The normalized spacial score (nSPS) is 21.5. The van der Waals surface area contributed by atoms with Crippen LogP contribution >= 0.6 is 23.6 Å². The lowest BCUT2D eigenvalue weighted by Gasteiger charge is -2.34. The van der Waals surface area contributed by atoms with E-state index in [2.05, 4.69) is 6.07 Å². The number of nitro benzene ring substituents is 1. The van der Waals surface area contributed by atoms with Gasteiger partial charge in [0.05, 0.1) is 32.1 Å². The van der Waals surface area contributed by atoms with Gasteiger partial charge in [-0.05, 0) is 38.5 Å². The minimum absolute atomic E-state index is 0.0436. The van der Waals surface area contributed by atoms with Gasteiger partial charge >= 0.3 is 0 Å². The summed E-state index contributed by atoms with van der Waals surface area (Å²) >= 11 is 7.20. The Morgan fingerprint density at radius 2 is 1.90 bits per heavy atom. The Morgan fingerprint density at radius 3 is 2.45 bits per heavy atom. The zero-order chi connectivity index (χ0) is 22.6. The van der Waals surface area contributed by atoms with Crippen LogP contribution in [0.15, 0.2) is 48.5 Å². The summed E-state index contributed by atoms with van der Waals surface area (Å²) in [7, 11) is 0. The fourth-order valence-electron chi connectivity index (χ4n) is 4.02. The SMILES string of the molecule is CC(C)(C)N1C(=N)[C@](C#N)(c2nc3ccccc3s2)[C@@H](c2ccc([N+](=O)[O-])cc2)C1=S. The lowest BCUT2D eigenvalue weighted by molar-refractivity contribution is -0.384. The second kappa shape index (κ2) is 7.18. The summed E-state index contributed by atoms with van der Waals surface area (Å²) in [5.41, 5.74) is -0.592. The van der Waals surface area contributed by atoms with Crippen molar-refractivity contribution in [3.63, 3.8) is 0 Å². The maximum Gasteiger partial charge on any atom is 0.269 e. The molecular formula is C22H19N5O2S2. The Balaban J connectivity index is 1.98. The minimum Gasteiger partial charge on any atom is -0.317 e. The van der Waals surface area contributed by atoms with Crippen LogP contribution in [0.5, 0.6) is 0 Å². The highest BCUT2D eigenvalue weighted by Gasteiger charge is 2.61. The molecule has 0 saturated carbocycles. The molecule has 1 fully saturated rings. The third-order valence-corrected chi connectivity index (χ3v) is 7.00. The van der Waals surface area contributed by atoms with Crippen LogP contribution in [-0.4, -0.2) is 31.2 Å². The second-order valence-corrected chi connectivity index (χ2v) is 9.83. The van der Waals surface area contributed by atoms with Crippen molar-refractivity contribution >= 4 is 50.3 Å². The third kappa shape index (κ3) is 3.10. The lowest BCUT2D eigenvalue weighted by atomic mass is 9.75. The molecule has 2 heterocycles. The van der Waals surface area contributed by atoms with E-state index in [0.29, 0.717) is 15.6 Å². The van der Waals surface area contributed by atoms with Gasteiger partial charge in [0.1, 0.15) is 10.8 Å². The highest BCUT2D eigenvalue weighted by molar-refractivity contribution is 7.80. The van der Waals surface area contributed by atoms with E-state index in [-0.39, 0.29) is 11.5 Å². The number of fused-ring (bicyclic) bond motifs is 1. The molecule has 1 aliphatic heterocycles. The van der Waals surface area contributed by atoms with Crippen molar-refractivity contribution in [3.05, 3.63) is 69.2 Å². The molecule has 7 nitrogen and oxygen atoms in total. The van der Waals surface area contributed by atoms with Crippen LogP contribution in [0.2, 0.25) is 0 Å². The molecule has 4 rings (SSSR count). The van der Waals surface area contributed by atoms with Gasteiger partial charge in [-0.2, -0.15) is 5.26 Å². The molecule has 1 aliphatic rings. The summed E-state index contributed by atoms with van der Waals surface area (Å²) in [6.45, 7) is 5.81. The number of nitrogens with zero attached hydrogens (tertiary/aromatic N) is 4. The van der Waals surface area contributed by atoms with E-state index >= 15 is 0 Å². The molecule has 0 unspecified atom stereocenters. The standard InChI is InChI=1S/C22H19N5O2S2/c1-21(2,3)26-18(30)17(13-8-10-14(11-9-13)27(28)29)22(12-23,19(26)24)20-25-15-6-4-5-7-16(15)31-20/h4-11,17,24H,1-3H3/t17-,22+/m0/s1. The molecule has 1 saturated heterocycles. The summed E-state index contributed by atoms with van der Waals surface area (Å²) in [6.07, 6.45) is 0. The Kier molecular flexibility index (Phi) is 4.87. The average molecular weight is 450 g/mol. The molecule has 9 heteroatoms. The number of rotatable bonds is 3. The zero-order valence-corrected chi connectivity index (χ0v) is 18.8. The van der Waals surface area contributed by atoms with Gasteiger partial charge < -0.3 is 4.90 Å². The zero-order valence-electron chi connectivity index (χ0n) is 17.1. The van der Waals surface area contributed by atoms with Crippen molar-refractivity contribution in [2.24, 2.45) is 0 Å². The molecule has 2 atom stereocenters. The number of thiazole rings is 1. The van der Waals surface area contributed by atoms with Gasteiger partial charge in [-0.1, -0.05) is 36.5 Å². The van der Waals surface area contributed by atoms with Crippen LogP contribution in [0.3, 0.4) is 0 Å². The van der Waals surface area contributed by atoms with Crippen molar-refractivity contribution in [3.8, 4) is 6.07 Å². The maximum atomic E-state index is 11.1. The third-order valence-electron chi connectivity index (χ3n) is 5.41. The molecule has 3 aromatic rings. The number of amidine groups is 1. The number of hydrogen-bond acceptors (Lipinski definition) is 7. The van der Waals surface area contributed by atoms with Gasteiger partial charge in [0.2, 0.25) is 0 Å². The quantitative estimate of drug-likeness (QED) is 0.336. The predicted octanol–water partition coefficient (Wildman–Crippen LogP) is 5.17. The Bertz CT molecular complexity index is 1240. The number of para-hydroxylation sites is 1. The first-order valence-corrected chi connectivity index (χ1v) is 10.8.